The second kappa shape index (κ2) is 5.06. The third-order valence-corrected chi connectivity index (χ3v) is 3.26. The Labute approximate surface area is 68.8 Å². The van der Waals surface area contributed by atoms with Crippen LogP contribution in [-0.2, 0) is 0 Å². The van der Waals surface area contributed by atoms with Crippen LogP contribution in [0.5, 0.6) is 0 Å². The van der Waals surface area contributed by atoms with Gasteiger partial charge < -0.3 is 0 Å². The van der Waals surface area contributed by atoms with Crippen LogP contribution in [0.25, 0.3) is 0 Å². The number of rotatable bonds is 2. The summed E-state index contributed by atoms with van der Waals surface area (Å²) in [5.41, 5.74) is 0. The van der Waals surface area contributed by atoms with Crippen molar-refractivity contribution in [2.45, 2.75) is 50.7 Å². The Morgan fingerprint density at radius 2 is 1.70 bits per heavy atom. The average molecular weight is 157 g/mol. The van der Waals surface area contributed by atoms with Gasteiger partial charge in [0.25, 0.3) is 0 Å². The van der Waals surface area contributed by atoms with Gasteiger partial charge in [0.15, 0.2) is 0 Å². The molecule has 1 rings (SSSR count). The van der Waals surface area contributed by atoms with Crippen molar-refractivity contribution in [1.82, 2.24) is 0 Å². The smallest absolute Gasteiger partial charge is 0.0138 e. The van der Waals surface area contributed by atoms with Gasteiger partial charge in [-0.15, -0.1) is 0 Å². The fraction of sp³-hybridized carbons (Fsp3) is 0.889. The summed E-state index contributed by atoms with van der Waals surface area (Å²) < 4.78 is 0. The Morgan fingerprint density at radius 1 is 1.10 bits per heavy atom. The summed E-state index contributed by atoms with van der Waals surface area (Å²) >= 11 is 2.04. The van der Waals surface area contributed by atoms with Crippen molar-refractivity contribution in [1.29, 1.82) is 0 Å². The van der Waals surface area contributed by atoms with E-state index in [0.717, 1.165) is 5.25 Å². The van der Waals surface area contributed by atoms with Crippen LogP contribution >= 0.6 is 11.8 Å². The maximum atomic E-state index is 2.25. The van der Waals surface area contributed by atoms with Crippen LogP contribution in [0, 0.1) is 5.75 Å². The molecule has 0 atom stereocenters. The van der Waals surface area contributed by atoms with Crippen molar-refractivity contribution in [2.24, 2.45) is 0 Å². The van der Waals surface area contributed by atoms with Crippen molar-refractivity contribution in [2.75, 3.05) is 0 Å². The van der Waals surface area contributed by atoms with Crippen LogP contribution in [0.3, 0.4) is 0 Å². The zero-order chi connectivity index (χ0) is 7.23. The number of hydrogen-bond donors (Lipinski definition) is 0. The minimum Gasteiger partial charge on any atom is -0.154 e. The van der Waals surface area contributed by atoms with E-state index in [1.54, 1.807) is 0 Å². The minimum atomic E-state index is 0.951. The van der Waals surface area contributed by atoms with Crippen LogP contribution < -0.4 is 0 Å². The van der Waals surface area contributed by atoms with E-state index in [1.807, 2.05) is 11.8 Å². The average Bonchev–Trinajstić information content (AvgIpc) is 2.17. The third kappa shape index (κ3) is 2.96. The predicted molar refractivity (Wildman–Crippen MR) is 49.1 cm³/mol. The van der Waals surface area contributed by atoms with Crippen LogP contribution in [0.15, 0.2) is 0 Å². The van der Waals surface area contributed by atoms with E-state index in [9.17, 15) is 0 Å². The van der Waals surface area contributed by atoms with Crippen LogP contribution in [0.1, 0.15) is 45.4 Å². The van der Waals surface area contributed by atoms with Gasteiger partial charge >= 0.3 is 0 Å². The van der Waals surface area contributed by atoms with Gasteiger partial charge in [-0.1, -0.05) is 32.6 Å². The molecule has 0 aliphatic heterocycles. The highest BCUT2D eigenvalue weighted by Gasteiger charge is 2.10. The van der Waals surface area contributed by atoms with Crippen molar-refractivity contribution in [3.63, 3.8) is 0 Å². The molecular weight excluding hydrogens is 140 g/mol. The highest BCUT2D eigenvalue weighted by Crippen LogP contribution is 2.28. The lowest BCUT2D eigenvalue weighted by Crippen LogP contribution is -1.98. The molecule has 0 unspecified atom stereocenters. The minimum absolute atomic E-state index is 0.951. The first-order valence-electron chi connectivity index (χ1n) is 4.37. The molecule has 0 bridgehead atoms. The van der Waals surface area contributed by atoms with Crippen LogP contribution in [0.4, 0.5) is 0 Å². The Hall–Kier alpha value is 0.350. The summed E-state index contributed by atoms with van der Waals surface area (Å²) in [6.45, 7) is 2.15. The summed E-state index contributed by atoms with van der Waals surface area (Å²) in [7, 11) is 0. The monoisotopic (exact) mass is 157 g/mol. The molecule has 1 aliphatic carbocycles. The molecule has 0 aromatic carbocycles. The SMILES string of the molecule is C[CH]SC1CCCCCC1. The van der Waals surface area contributed by atoms with Crippen molar-refractivity contribution in [3.05, 3.63) is 5.75 Å². The molecule has 1 fully saturated rings. The van der Waals surface area contributed by atoms with Crippen molar-refractivity contribution < 1.29 is 0 Å². The standard InChI is InChI=1S/C9H17S/c1-2-10-9-7-5-3-4-6-8-9/h2,9H,3-8H2,1H3. The normalized spacial score (nSPS) is 22.5. The molecule has 0 N–H and O–H groups in total. The van der Waals surface area contributed by atoms with Crippen LogP contribution in [-0.4, -0.2) is 5.25 Å². The summed E-state index contributed by atoms with van der Waals surface area (Å²) in [5, 5.41) is 0.951. The highest BCUT2D eigenvalue weighted by molar-refractivity contribution is 8.01. The predicted octanol–water partition coefficient (Wildman–Crippen LogP) is 3.62. The van der Waals surface area contributed by atoms with Gasteiger partial charge in [-0.2, -0.15) is 11.8 Å². The van der Waals surface area contributed by atoms with E-state index in [2.05, 4.69) is 12.7 Å². The number of thioether (sulfide) groups is 1. The summed E-state index contributed by atoms with van der Waals surface area (Å²) in [6, 6.07) is 0. The molecule has 1 saturated carbocycles. The van der Waals surface area contributed by atoms with Gasteiger partial charge in [-0.25, -0.2) is 0 Å². The second-order valence-electron chi connectivity index (χ2n) is 2.99. The molecule has 0 spiro atoms. The Morgan fingerprint density at radius 3 is 2.20 bits per heavy atom. The molecule has 1 radical (unpaired) electrons. The Bertz CT molecular complexity index is 72.8. The molecule has 10 heavy (non-hydrogen) atoms. The van der Waals surface area contributed by atoms with E-state index < -0.39 is 0 Å². The zero-order valence-corrected chi connectivity index (χ0v) is 7.62. The molecule has 0 aromatic rings. The summed E-state index contributed by atoms with van der Waals surface area (Å²) in [5.74, 6) is 2.25. The van der Waals surface area contributed by atoms with E-state index in [1.165, 1.54) is 38.5 Å². The van der Waals surface area contributed by atoms with Crippen molar-refractivity contribution >= 4 is 11.8 Å². The molecule has 0 saturated heterocycles. The maximum absolute atomic E-state index is 2.25. The molecule has 1 aliphatic rings. The fourth-order valence-corrected chi connectivity index (χ4v) is 2.56. The first kappa shape index (κ1) is 8.45. The van der Waals surface area contributed by atoms with E-state index in [0.29, 0.717) is 0 Å². The molecule has 0 nitrogen and oxygen atoms in total. The lowest BCUT2D eigenvalue weighted by Gasteiger charge is -2.10. The highest BCUT2D eigenvalue weighted by atomic mass is 32.2. The Kier molecular flexibility index (Phi) is 4.27. The summed E-state index contributed by atoms with van der Waals surface area (Å²) in [4.78, 5) is 0. The van der Waals surface area contributed by atoms with Gasteiger partial charge in [0.1, 0.15) is 0 Å². The Balaban J connectivity index is 2.15. The van der Waals surface area contributed by atoms with Crippen LogP contribution in [0.2, 0.25) is 0 Å². The quantitative estimate of drug-likeness (QED) is 0.552. The maximum Gasteiger partial charge on any atom is 0.0138 e. The zero-order valence-electron chi connectivity index (χ0n) is 6.81. The molecule has 0 heterocycles. The lowest BCUT2D eigenvalue weighted by atomic mass is 10.2. The lowest BCUT2D eigenvalue weighted by molar-refractivity contribution is 0.702. The van der Waals surface area contributed by atoms with Gasteiger partial charge in [0, 0.05) is 11.0 Å². The van der Waals surface area contributed by atoms with Gasteiger partial charge in [0.2, 0.25) is 0 Å². The van der Waals surface area contributed by atoms with E-state index in [4.69, 9.17) is 0 Å². The first-order valence-corrected chi connectivity index (χ1v) is 5.31. The molecule has 0 amide bonds. The van der Waals surface area contributed by atoms with E-state index in [-0.39, 0.29) is 0 Å². The van der Waals surface area contributed by atoms with Gasteiger partial charge in [0.05, 0.1) is 0 Å². The van der Waals surface area contributed by atoms with Gasteiger partial charge in [-0.3, -0.25) is 0 Å². The van der Waals surface area contributed by atoms with Gasteiger partial charge in [-0.05, 0) is 12.8 Å². The molecule has 59 valence electrons. The van der Waals surface area contributed by atoms with E-state index >= 15 is 0 Å². The molecular formula is C9H17S. The summed E-state index contributed by atoms with van der Waals surface area (Å²) in [6.07, 6.45) is 8.78. The van der Waals surface area contributed by atoms with Crippen molar-refractivity contribution in [3.8, 4) is 0 Å². The first-order chi connectivity index (χ1) is 4.93. The third-order valence-electron chi connectivity index (χ3n) is 2.13. The fourth-order valence-electron chi connectivity index (χ4n) is 1.57. The second-order valence-corrected chi connectivity index (χ2v) is 4.40. The molecule has 0 aromatic heterocycles. The number of hydrogen-bond acceptors (Lipinski definition) is 1. The topological polar surface area (TPSA) is 0 Å². The largest absolute Gasteiger partial charge is 0.154 e. The molecule has 1 heteroatoms.